The average Bonchev–Trinajstić information content (AvgIpc) is 1.97. The van der Waals surface area contributed by atoms with Gasteiger partial charge in [-0.2, -0.15) is 0 Å². The minimum Gasteiger partial charge on any atom is -0.394 e. The molecule has 5 heteroatoms. The van der Waals surface area contributed by atoms with E-state index in [1.165, 1.54) is 0 Å². The molecule has 0 fully saturated rings. The molecule has 10 heavy (non-hydrogen) atoms. The van der Waals surface area contributed by atoms with Crippen LogP contribution in [0.3, 0.4) is 0 Å². The van der Waals surface area contributed by atoms with E-state index in [0.29, 0.717) is 19.8 Å². The Labute approximate surface area is 59.1 Å². The van der Waals surface area contributed by atoms with E-state index in [9.17, 15) is 0 Å². The highest BCUT2D eigenvalue weighted by Gasteiger charge is 1.86. The van der Waals surface area contributed by atoms with Crippen molar-refractivity contribution in [1.82, 2.24) is 0 Å². The molecule has 0 saturated carbocycles. The summed E-state index contributed by atoms with van der Waals surface area (Å²) in [6.45, 7) is 0.910. The summed E-state index contributed by atoms with van der Waals surface area (Å²) in [4.78, 5) is 3.62. The molecule has 0 rings (SSSR count). The highest BCUT2D eigenvalue weighted by Crippen LogP contribution is 1.77. The first kappa shape index (κ1) is 9.80. The minimum absolute atomic E-state index is 0.0104. The highest BCUT2D eigenvalue weighted by atomic mass is 17.1. The van der Waals surface area contributed by atoms with E-state index in [0.717, 1.165) is 0 Å². The fourth-order valence-corrected chi connectivity index (χ4v) is 0.381. The van der Waals surface area contributed by atoms with Gasteiger partial charge in [-0.3, -0.25) is 0 Å². The maximum atomic E-state index is 8.24. The lowest BCUT2D eigenvalue weighted by Crippen LogP contribution is -2.08. The van der Waals surface area contributed by atoms with Gasteiger partial charge in [-0.15, -0.1) is 0 Å². The summed E-state index contributed by atoms with van der Waals surface area (Å²) in [6, 6.07) is 0. The van der Waals surface area contributed by atoms with Gasteiger partial charge in [-0.05, 0) is 0 Å². The maximum absolute atomic E-state index is 8.24. The Kier molecular flexibility index (Phi) is 8.62. The lowest BCUT2D eigenvalue weighted by molar-refractivity contribution is -0.297. The molecule has 62 valence electrons. The molecule has 0 saturated heterocycles. The molecular weight excluding hydrogens is 140 g/mol. The summed E-state index contributed by atoms with van der Waals surface area (Å²) in [6.07, 6.45) is 0. The zero-order valence-electron chi connectivity index (χ0n) is 5.65. The summed E-state index contributed by atoms with van der Waals surface area (Å²) in [5.41, 5.74) is 0. The molecule has 0 unspecified atom stereocenters. The molecule has 0 spiro atoms. The zero-order chi connectivity index (χ0) is 7.66. The Balaban J connectivity index is 2.65. The van der Waals surface area contributed by atoms with E-state index in [1.54, 1.807) is 0 Å². The predicted molar refractivity (Wildman–Crippen MR) is 32.4 cm³/mol. The summed E-state index contributed by atoms with van der Waals surface area (Å²) in [5.74, 6) is 0. The number of hydrogen-bond acceptors (Lipinski definition) is 5. The van der Waals surface area contributed by atoms with E-state index < -0.39 is 0 Å². The first-order valence-electron chi connectivity index (χ1n) is 2.94. The molecule has 5 nitrogen and oxygen atoms in total. The van der Waals surface area contributed by atoms with Crippen LogP contribution in [0.25, 0.3) is 0 Å². The molecule has 0 radical (unpaired) electrons. The molecule has 2 N–H and O–H groups in total. The monoisotopic (exact) mass is 152 g/mol. The number of rotatable bonds is 7. The van der Waals surface area contributed by atoms with Gasteiger partial charge in [0.1, 0.15) is 0 Å². The van der Waals surface area contributed by atoms with Gasteiger partial charge >= 0.3 is 0 Å². The highest BCUT2D eigenvalue weighted by molar-refractivity contribution is 4.27. The fraction of sp³-hybridized carbons (Fsp3) is 1.00. The van der Waals surface area contributed by atoms with Crippen LogP contribution in [0.4, 0.5) is 0 Å². The summed E-state index contributed by atoms with van der Waals surface area (Å²) >= 11 is 0. The van der Waals surface area contributed by atoms with Gasteiger partial charge in [-0.25, -0.2) is 10.1 Å². The van der Waals surface area contributed by atoms with Crippen LogP contribution in [-0.4, -0.2) is 43.6 Å². The van der Waals surface area contributed by atoms with Gasteiger partial charge in [0.25, 0.3) is 0 Å². The van der Waals surface area contributed by atoms with Crippen molar-refractivity contribution in [2.45, 2.75) is 0 Å². The molecule has 0 aromatic rings. The van der Waals surface area contributed by atoms with Crippen molar-refractivity contribution in [3.8, 4) is 0 Å². The molecule has 0 aromatic carbocycles. The van der Waals surface area contributed by atoms with Gasteiger partial charge in [0.15, 0.2) is 6.79 Å². The van der Waals surface area contributed by atoms with Crippen LogP contribution in [0.5, 0.6) is 0 Å². The Bertz CT molecular complexity index is 50.0. The van der Waals surface area contributed by atoms with E-state index in [1.807, 2.05) is 0 Å². The zero-order valence-corrected chi connectivity index (χ0v) is 5.65. The number of hydrogen-bond donors (Lipinski definition) is 2. The van der Waals surface area contributed by atoms with Crippen LogP contribution in [-0.2, 0) is 14.4 Å². The van der Waals surface area contributed by atoms with Crippen molar-refractivity contribution in [1.29, 1.82) is 0 Å². The number of aliphatic hydroxyl groups excluding tert-OH is 1. The third kappa shape index (κ3) is 7.80. The quantitative estimate of drug-likeness (QED) is 0.222. The van der Waals surface area contributed by atoms with Gasteiger partial charge < -0.3 is 14.6 Å². The topological polar surface area (TPSA) is 68.2 Å². The lowest BCUT2D eigenvalue weighted by Gasteiger charge is -2.01. The van der Waals surface area contributed by atoms with E-state index in [-0.39, 0.29) is 13.4 Å². The Hall–Kier alpha value is -0.200. The second-order valence-corrected chi connectivity index (χ2v) is 1.49. The molecule has 0 atom stereocenters. The molecule has 0 aliphatic heterocycles. The van der Waals surface area contributed by atoms with Crippen LogP contribution in [0.15, 0.2) is 0 Å². The van der Waals surface area contributed by atoms with Crippen LogP contribution in [0.1, 0.15) is 0 Å². The third-order valence-corrected chi connectivity index (χ3v) is 0.744. The molecule has 0 heterocycles. The lowest BCUT2D eigenvalue weighted by atomic mass is 10.7. The first-order chi connectivity index (χ1) is 4.91. The molecule has 0 aliphatic carbocycles. The Morgan fingerprint density at radius 1 is 1.00 bits per heavy atom. The third-order valence-electron chi connectivity index (χ3n) is 0.744. The first-order valence-corrected chi connectivity index (χ1v) is 2.94. The van der Waals surface area contributed by atoms with Crippen LogP contribution in [0.2, 0.25) is 0 Å². The number of aliphatic hydroxyl groups is 1. The maximum Gasteiger partial charge on any atom is 0.180 e. The van der Waals surface area contributed by atoms with Crippen molar-refractivity contribution in [2.75, 3.05) is 33.2 Å². The fourth-order valence-electron chi connectivity index (χ4n) is 0.381. The van der Waals surface area contributed by atoms with Crippen molar-refractivity contribution in [3.63, 3.8) is 0 Å². The molecular formula is C5H12O5. The Morgan fingerprint density at radius 2 is 1.70 bits per heavy atom. The SMILES string of the molecule is OCCOCCOCOO. The standard InChI is InChI=1S/C5H12O5/c6-1-2-8-3-4-9-5-10-7/h6-7H,1-5H2. The average molecular weight is 152 g/mol. The minimum atomic E-state index is -0.150. The summed E-state index contributed by atoms with van der Waals surface area (Å²) < 4.78 is 9.47. The predicted octanol–water partition coefficient (Wildman–Crippen LogP) is -0.541. The van der Waals surface area contributed by atoms with Crippen molar-refractivity contribution < 1.29 is 24.7 Å². The van der Waals surface area contributed by atoms with Crippen LogP contribution >= 0.6 is 0 Å². The molecule has 0 aliphatic rings. The van der Waals surface area contributed by atoms with Crippen molar-refractivity contribution in [3.05, 3.63) is 0 Å². The van der Waals surface area contributed by atoms with E-state index >= 15 is 0 Å². The molecule has 0 bridgehead atoms. The van der Waals surface area contributed by atoms with E-state index in [2.05, 4.69) is 9.62 Å². The summed E-state index contributed by atoms with van der Waals surface area (Å²) in [5, 5.41) is 16.0. The van der Waals surface area contributed by atoms with Gasteiger partial charge in [-0.1, -0.05) is 0 Å². The Morgan fingerprint density at radius 3 is 2.30 bits per heavy atom. The largest absolute Gasteiger partial charge is 0.394 e. The van der Waals surface area contributed by atoms with Gasteiger partial charge in [0, 0.05) is 0 Å². The van der Waals surface area contributed by atoms with Gasteiger partial charge in [0.2, 0.25) is 0 Å². The van der Waals surface area contributed by atoms with Crippen molar-refractivity contribution >= 4 is 0 Å². The van der Waals surface area contributed by atoms with Crippen LogP contribution < -0.4 is 0 Å². The van der Waals surface area contributed by atoms with E-state index in [4.69, 9.17) is 15.1 Å². The number of ether oxygens (including phenoxy) is 2. The van der Waals surface area contributed by atoms with Gasteiger partial charge in [0.05, 0.1) is 26.4 Å². The molecule has 0 aromatic heterocycles. The normalized spacial score (nSPS) is 10.2. The van der Waals surface area contributed by atoms with Crippen LogP contribution in [0, 0.1) is 0 Å². The smallest absolute Gasteiger partial charge is 0.180 e. The molecule has 0 amide bonds. The second kappa shape index (κ2) is 8.80. The summed E-state index contributed by atoms with van der Waals surface area (Å²) in [7, 11) is 0. The van der Waals surface area contributed by atoms with Crippen molar-refractivity contribution in [2.24, 2.45) is 0 Å². The second-order valence-electron chi connectivity index (χ2n) is 1.49.